The first-order chi connectivity index (χ1) is 18.1. The summed E-state index contributed by atoms with van der Waals surface area (Å²) in [5, 5.41) is 1.12. The molecule has 4 aromatic rings. The van der Waals surface area contributed by atoms with E-state index in [9.17, 15) is 4.79 Å². The molecule has 6 rings (SSSR count). The molecule has 0 unspecified atom stereocenters. The Morgan fingerprint density at radius 3 is 2.49 bits per heavy atom. The summed E-state index contributed by atoms with van der Waals surface area (Å²) in [5.41, 5.74) is 5.61. The normalized spacial score (nSPS) is 17.1. The lowest BCUT2D eigenvalue weighted by Crippen LogP contribution is -2.50. The van der Waals surface area contributed by atoms with Crippen molar-refractivity contribution in [3.8, 4) is 0 Å². The van der Waals surface area contributed by atoms with Gasteiger partial charge in [-0.25, -0.2) is 0 Å². The van der Waals surface area contributed by atoms with Crippen LogP contribution < -0.4 is 4.72 Å². The minimum absolute atomic E-state index is 0.129. The predicted octanol–water partition coefficient (Wildman–Crippen LogP) is 6.15. The van der Waals surface area contributed by atoms with Gasteiger partial charge < -0.3 is 9.62 Å². The lowest BCUT2D eigenvalue weighted by atomic mass is 9.95. The van der Waals surface area contributed by atoms with Crippen LogP contribution in [-0.4, -0.2) is 53.4 Å². The molecule has 37 heavy (non-hydrogen) atoms. The molecule has 2 fully saturated rings. The van der Waals surface area contributed by atoms with Crippen molar-refractivity contribution in [3.63, 3.8) is 0 Å². The van der Waals surface area contributed by atoms with Gasteiger partial charge in [-0.1, -0.05) is 48.5 Å². The summed E-state index contributed by atoms with van der Waals surface area (Å²) < 4.78 is 3.46. The van der Waals surface area contributed by atoms with Crippen molar-refractivity contribution in [2.75, 3.05) is 37.4 Å². The highest BCUT2D eigenvalue weighted by atomic mass is 32.2. The Bertz CT molecular complexity index is 1410. The van der Waals surface area contributed by atoms with Crippen LogP contribution in [0.3, 0.4) is 0 Å². The first-order valence-corrected chi connectivity index (χ1v) is 13.9. The summed E-state index contributed by atoms with van der Waals surface area (Å²) in [7, 11) is 0. The number of pyridine rings is 1. The SMILES string of the molecule is Cc1cc(C(=O)N2CCN(CC3(c4ccccc4)CC3)CC2)ccc1NSc1cccc2cccnc12. The number of nitrogens with one attached hydrogen (secondary N) is 1. The van der Waals surface area contributed by atoms with E-state index in [4.69, 9.17) is 0 Å². The molecule has 1 saturated carbocycles. The molecule has 0 spiro atoms. The minimum atomic E-state index is 0.129. The van der Waals surface area contributed by atoms with Crippen molar-refractivity contribution < 1.29 is 4.79 Å². The topological polar surface area (TPSA) is 48.5 Å². The number of carbonyl (C=O) groups is 1. The van der Waals surface area contributed by atoms with E-state index in [1.54, 1.807) is 11.9 Å². The lowest BCUT2D eigenvalue weighted by molar-refractivity contribution is 0.0626. The molecule has 6 heteroatoms. The number of amides is 1. The molecule has 1 N–H and O–H groups in total. The molecule has 2 heterocycles. The maximum Gasteiger partial charge on any atom is 0.253 e. The number of aromatic nitrogens is 1. The highest BCUT2D eigenvalue weighted by Crippen LogP contribution is 2.48. The van der Waals surface area contributed by atoms with Gasteiger partial charge >= 0.3 is 0 Å². The molecule has 5 nitrogen and oxygen atoms in total. The standard InChI is InChI=1S/C31H32N4OS/c1-23-21-25(12-13-27(23)33-37-28-11-5-7-24-8-6-16-32-29(24)28)30(36)35-19-17-34(18-20-35)22-31(14-15-31)26-9-3-2-4-10-26/h2-13,16,21,33H,14-15,17-20,22H2,1H3. The van der Waals surface area contributed by atoms with Crippen LogP contribution in [0.2, 0.25) is 0 Å². The molecule has 0 atom stereocenters. The van der Waals surface area contributed by atoms with Gasteiger partial charge in [-0.3, -0.25) is 14.7 Å². The van der Waals surface area contributed by atoms with Crippen molar-refractivity contribution in [2.45, 2.75) is 30.1 Å². The Labute approximate surface area is 223 Å². The Kier molecular flexibility index (Phi) is 6.61. The molecular formula is C31H32N4OS. The third-order valence-corrected chi connectivity index (χ3v) is 8.64. The second-order valence-electron chi connectivity index (χ2n) is 10.3. The first-order valence-electron chi connectivity index (χ1n) is 13.1. The maximum absolute atomic E-state index is 13.3. The van der Waals surface area contributed by atoms with Crippen molar-refractivity contribution >= 4 is 34.4 Å². The number of hydrogen-bond acceptors (Lipinski definition) is 5. The van der Waals surface area contributed by atoms with Gasteiger partial charge in [-0.2, -0.15) is 0 Å². The van der Waals surface area contributed by atoms with Crippen LogP contribution in [0, 0.1) is 6.92 Å². The van der Waals surface area contributed by atoms with Gasteiger partial charge in [0.15, 0.2) is 0 Å². The van der Waals surface area contributed by atoms with Crippen molar-refractivity contribution in [3.05, 3.63) is 102 Å². The Balaban J connectivity index is 1.05. The zero-order valence-electron chi connectivity index (χ0n) is 21.2. The molecule has 0 radical (unpaired) electrons. The van der Waals surface area contributed by atoms with Gasteiger partial charge in [0.25, 0.3) is 5.91 Å². The zero-order chi connectivity index (χ0) is 25.2. The molecule has 1 amide bonds. The second-order valence-corrected chi connectivity index (χ2v) is 11.1. The third kappa shape index (κ3) is 5.09. The van der Waals surface area contributed by atoms with E-state index in [-0.39, 0.29) is 5.91 Å². The van der Waals surface area contributed by atoms with Crippen molar-refractivity contribution in [1.29, 1.82) is 0 Å². The number of carbonyl (C=O) groups excluding carboxylic acids is 1. The van der Waals surface area contributed by atoms with Crippen LogP contribution in [0.15, 0.2) is 90.0 Å². The number of para-hydroxylation sites is 1. The number of benzene rings is 3. The maximum atomic E-state index is 13.3. The zero-order valence-corrected chi connectivity index (χ0v) is 22.0. The van der Waals surface area contributed by atoms with Crippen LogP contribution in [-0.2, 0) is 5.41 Å². The average molecular weight is 509 g/mol. The van der Waals surface area contributed by atoms with Crippen LogP contribution in [0.5, 0.6) is 0 Å². The fourth-order valence-electron chi connectivity index (χ4n) is 5.38. The summed E-state index contributed by atoms with van der Waals surface area (Å²) in [6.07, 6.45) is 4.36. The molecule has 1 aliphatic carbocycles. The van der Waals surface area contributed by atoms with E-state index in [0.717, 1.165) is 65.3 Å². The van der Waals surface area contributed by atoms with Crippen molar-refractivity contribution in [2.24, 2.45) is 0 Å². The van der Waals surface area contributed by atoms with Gasteiger partial charge in [0.1, 0.15) is 0 Å². The summed E-state index contributed by atoms with van der Waals surface area (Å²) in [6, 6.07) is 27.1. The molecule has 1 aliphatic heterocycles. The van der Waals surface area contributed by atoms with Crippen LogP contribution in [0.1, 0.15) is 34.3 Å². The third-order valence-electron chi connectivity index (χ3n) is 7.77. The van der Waals surface area contributed by atoms with E-state index in [0.29, 0.717) is 5.41 Å². The summed E-state index contributed by atoms with van der Waals surface area (Å²) in [5.74, 6) is 0.129. The fraction of sp³-hybridized carbons (Fsp3) is 0.290. The molecular weight excluding hydrogens is 476 g/mol. The van der Waals surface area contributed by atoms with Gasteiger partial charge in [-0.15, -0.1) is 0 Å². The highest BCUT2D eigenvalue weighted by Gasteiger charge is 2.45. The number of aryl methyl sites for hydroxylation is 1. The van der Waals surface area contributed by atoms with E-state index in [1.165, 1.54) is 18.4 Å². The number of piperazine rings is 1. The molecule has 1 aromatic heterocycles. The Morgan fingerprint density at radius 1 is 0.946 bits per heavy atom. The number of fused-ring (bicyclic) bond motifs is 1. The predicted molar refractivity (Wildman–Crippen MR) is 152 cm³/mol. The monoisotopic (exact) mass is 508 g/mol. The molecule has 188 valence electrons. The smallest absolute Gasteiger partial charge is 0.253 e. The summed E-state index contributed by atoms with van der Waals surface area (Å²) in [4.78, 5) is 23.5. The van der Waals surface area contributed by atoms with Crippen LogP contribution in [0.25, 0.3) is 10.9 Å². The van der Waals surface area contributed by atoms with Gasteiger partial charge in [0.2, 0.25) is 0 Å². The number of hydrogen-bond donors (Lipinski definition) is 1. The Hall–Kier alpha value is -3.35. The molecule has 3 aromatic carbocycles. The van der Waals surface area contributed by atoms with E-state index < -0.39 is 0 Å². The molecule has 2 aliphatic rings. The van der Waals surface area contributed by atoms with Gasteiger partial charge in [-0.05, 0) is 73.2 Å². The molecule has 0 bridgehead atoms. The number of rotatable bonds is 7. The minimum Gasteiger partial charge on any atom is -0.336 e. The average Bonchev–Trinajstić information content (AvgIpc) is 3.73. The Morgan fingerprint density at radius 2 is 1.73 bits per heavy atom. The van der Waals surface area contributed by atoms with Crippen LogP contribution in [0.4, 0.5) is 5.69 Å². The molecule has 1 saturated heterocycles. The summed E-state index contributed by atoms with van der Waals surface area (Å²) in [6.45, 7) is 6.60. The quantitative estimate of drug-likeness (QED) is 0.303. The largest absolute Gasteiger partial charge is 0.336 e. The number of nitrogens with zero attached hydrogens (tertiary/aromatic N) is 3. The van der Waals surface area contributed by atoms with Gasteiger partial charge in [0.05, 0.1) is 10.4 Å². The van der Waals surface area contributed by atoms with Gasteiger partial charge in [0, 0.05) is 61.0 Å². The summed E-state index contributed by atoms with van der Waals surface area (Å²) >= 11 is 1.55. The second kappa shape index (κ2) is 10.2. The van der Waals surface area contributed by atoms with Crippen molar-refractivity contribution in [1.82, 2.24) is 14.8 Å². The fourth-order valence-corrected chi connectivity index (χ4v) is 6.24. The highest BCUT2D eigenvalue weighted by molar-refractivity contribution is 8.00. The lowest BCUT2D eigenvalue weighted by Gasteiger charge is -2.37. The first kappa shape index (κ1) is 24.0. The van der Waals surface area contributed by atoms with E-state index in [1.807, 2.05) is 35.4 Å². The van der Waals surface area contributed by atoms with E-state index in [2.05, 4.69) is 76.1 Å². The van der Waals surface area contributed by atoms with Crippen LogP contribution >= 0.6 is 11.9 Å². The number of anilines is 1. The van der Waals surface area contributed by atoms with E-state index >= 15 is 0 Å².